The lowest BCUT2D eigenvalue weighted by molar-refractivity contribution is -0.138. The molecule has 0 aromatic heterocycles. The number of para-hydroxylation sites is 1. The van der Waals surface area contributed by atoms with Crippen molar-refractivity contribution in [1.82, 2.24) is 0 Å². The molecule has 0 amide bonds. The summed E-state index contributed by atoms with van der Waals surface area (Å²) in [5.41, 5.74) is -1.27. The van der Waals surface area contributed by atoms with Crippen LogP contribution in [0.2, 0.25) is 0 Å². The van der Waals surface area contributed by atoms with Crippen molar-refractivity contribution < 1.29 is 34.2 Å². The lowest BCUT2D eigenvalue weighted by Crippen LogP contribution is -2.15. The number of sulfone groups is 1. The maximum absolute atomic E-state index is 13.0. The van der Waals surface area contributed by atoms with E-state index in [1.807, 2.05) is 0 Å². The van der Waals surface area contributed by atoms with E-state index in [2.05, 4.69) is 20.1 Å². The van der Waals surface area contributed by atoms with Crippen LogP contribution in [0.3, 0.4) is 0 Å². The number of hydrogen-bond donors (Lipinski definition) is 0. The Kier molecular flexibility index (Phi) is 5.22. The second kappa shape index (κ2) is 6.61. The van der Waals surface area contributed by atoms with Gasteiger partial charge in [-0.2, -0.15) is 21.6 Å². The Morgan fingerprint density at radius 3 is 2.16 bits per heavy atom. The second-order valence-corrected chi connectivity index (χ2v) is 9.28. The summed E-state index contributed by atoms with van der Waals surface area (Å²) in [7, 11) is -8.45. The van der Waals surface area contributed by atoms with Gasteiger partial charge in [0.25, 0.3) is 0 Å². The summed E-state index contributed by atoms with van der Waals surface area (Å²) < 4.78 is 91.3. The molecule has 0 fully saturated rings. The summed E-state index contributed by atoms with van der Waals surface area (Å²) in [6, 6.07) is 6.92. The molecule has 0 aliphatic carbocycles. The Morgan fingerprint density at radius 2 is 1.60 bits per heavy atom. The number of hydrogen-bond acceptors (Lipinski definition) is 5. The van der Waals surface area contributed by atoms with E-state index in [4.69, 9.17) is 0 Å². The summed E-state index contributed by atoms with van der Waals surface area (Å²) in [6.07, 6.45) is -3.95. The van der Waals surface area contributed by atoms with Gasteiger partial charge < -0.3 is 4.18 Å². The van der Waals surface area contributed by atoms with Gasteiger partial charge in [0, 0.05) is 10.7 Å². The van der Waals surface area contributed by atoms with Crippen molar-refractivity contribution in [3.63, 3.8) is 0 Å². The Bertz CT molecular complexity index is 1020. The molecule has 2 aromatic rings. The zero-order valence-corrected chi connectivity index (χ0v) is 15.6. The van der Waals surface area contributed by atoms with Crippen molar-refractivity contribution in [3.8, 4) is 5.75 Å². The van der Waals surface area contributed by atoms with Crippen molar-refractivity contribution >= 4 is 35.9 Å². The average molecular weight is 459 g/mol. The van der Waals surface area contributed by atoms with E-state index < -0.39 is 42.3 Å². The second-order valence-electron chi connectivity index (χ2n) is 4.90. The van der Waals surface area contributed by atoms with Crippen LogP contribution in [0.4, 0.5) is 13.2 Å². The fraction of sp³-hybridized carbons (Fsp3) is 0.143. The molecule has 0 bridgehead atoms. The molecule has 0 unspecified atom stereocenters. The van der Waals surface area contributed by atoms with Gasteiger partial charge in [0.05, 0.1) is 10.5 Å². The largest absolute Gasteiger partial charge is 0.420 e. The minimum atomic E-state index is -4.82. The molecular formula is C14H10BrF3O5S2. The SMILES string of the molecule is CS(=O)(=O)c1ccc(Br)c(S(=O)(=O)Oc2ccccc2C(F)(F)F)c1. The molecule has 0 radical (unpaired) electrons. The van der Waals surface area contributed by atoms with E-state index in [-0.39, 0.29) is 9.37 Å². The van der Waals surface area contributed by atoms with Crippen molar-refractivity contribution in [2.75, 3.05) is 6.26 Å². The Morgan fingerprint density at radius 1 is 1.00 bits per heavy atom. The van der Waals surface area contributed by atoms with Crippen LogP contribution < -0.4 is 4.18 Å². The third-order valence-corrected chi connectivity index (χ3v) is 6.33. The number of rotatable bonds is 4. The summed E-state index contributed by atoms with van der Waals surface area (Å²) >= 11 is 2.93. The maximum Gasteiger partial charge on any atom is 0.420 e. The van der Waals surface area contributed by atoms with Gasteiger partial charge in [-0.05, 0) is 46.3 Å². The minimum absolute atomic E-state index is 0.0515. The summed E-state index contributed by atoms with van der Waals surface area (Å²) in [4.78, 5) is -0.922. The lowest BCUT2D eigenvalue weighted by Gasteiger charge is -2.14. The highest BCUT2D eigenvalue weighted by molar-refractivity contribution is 9.10. The van der Waals surface area contributed by atoms with Crippen LogP contribution in [0.1, 0.15) is 5.56 Å². The summed E-state index contributed by atoms with van der Waals surface area (Å²) in [6.45, 7) is 0. The predicted octanol–water partition coefficient (Wildman–Crippen LogP) is 3.64. The topological polar surface area (TPSA) is 77.5 Å². The highest BCUT2D eigenvalue weighted by Gasteiger charge is 2.36. The molecule has 0 heterocycles. The van der Waals surface area contributed by atoms with Gasteiger partial charge in [-0.3, -0.25) is 0 Å². The summed E-state index contributed by atoms with van der Waals surface area (Å²) in [5, 5.41) is 0. The standard InChI is InChI=1S/C14H10BrF3O5S2/c1-24(19,20)9-6-7-11(15)13(8-9)25(21,22)23-12-5-3-2-4-10(12)14(16,17)18/h2-8H,1H3. The summed E-state index contributed by atoms with van der Waals surface area (Å²) in [5.74, 6) is -0.911. The smallest absolute Gasteiger partial charge is 0.378 e. The molecule has 2 aromatic carbocycles. The van der Waals surface area contributed by atoms with E-state index in [0.29, 0.717) is 6.07 Å². The molecule has 11 heteroatoms. The molecule has 0 saturated heterocycles. The van der Waals surface area contributed by atoms with Crippen LogP contribution in [-0.4, -0.2) is 23.1 Å². The Balaban J connectivity index is 2.56. The quantitative estimate of drug-likeness (QED) is 0.653. The minimum Gasteiger partial charge on any atom is -0.378 e. The van der Waals surface area contributed by atoms with Crippen LogP contribution in [0, 0.1) is 0 Å². The van der Waals surface area contributed by atoms with Crippen LogP contribution in [-0.2, 0) is 26.1 Å². The van der Waals surface area contributed by atoms with Gasteiger partial charge in [0.1, 0.15) is 4.90 Å². The van der Waals surface area contributed by atoms with E-state index in [9.17, 15) is 30.0 Å². The fourth-order valence-corrected chi connectivity index (χ4v) is 4.46. The molecule has 0 N–H and O–H groups in total. The van der Waals surface area contributed by atoms with Gasteiger partial charge in [0.15, 0.2) is 15.6 Å². The third-order valence-electron chi connectivity index (χ3n) is 2.99. The van der Waals surface area contributed by atoms with E-state index >= 15 is 0 Å². The lowest BCUT2D eigenvalue weighted by atomic mass is 10.2. The highest BCUT2D eigenvalue weighted by atomic mass is 79.9. The van der Waals surface area contributed by atoms with E-state index in [0.717, 1.165) is 36.6 Å². The maximum atomic E-state index is 13.0. The van der Waals surface area contributed by atoms with E-state index in [1.54, 1.807) is 0 Å². The predicted molar refractivity (Wildman–Crippen MR) is 86.5 cm³/mol. The fourth-order valence-electron chi connectivity index (χ4n) is 1.84. The first-order chi connectivity index (χ1) is 11.3. The third kappa shape index (κ3) is 4.53. The number of benzene rings is 2. The van der Waals surface area contributed by atoms with Gasteiger partial charge >= 0.3 is 16.3 Å². The Hall–Kier alpha value is -1.59. The van der Waals surface area contributed by atoms with Gasteiger partial charge in [-0.15, -0.1) is 0 Å². The highest BCUT2D eigenvalue weighted by Crippen LogP contribution is 2.37. The monoisotopic (exact) mass is 458 g/mol. The average Bonchev–Trinajstić information content (AvgIpc) is 2.45. The first-order valence-corrected chi connectivity index (χ1v) is 10.5. The first-order valence-electron chi connectivity index (χ1n) is 6.43. The van der Waals surface area contributed by atoms with Crippen molar-refractivity contribution in [3.05, 3.63) is 52.5 Å². The normalized spacial score (nSPS) is 12.8. The Labute approximate surface area is 150 Å². The molecule has 25 heavy (non-hydrogen) atoms. The van der Waals surface area contributed by atoms with Gasteiger partial charge in [-0.25, -0.2) is 8.42 Å². The molecular weight excluding hydrogens is 449 g/mol. The number of alkyl halides is 3. The van der Waals surface area contributed by atoms with Crippen molar-refractivity contribution in [2.45, 2.75) is 16.0 Å². The molecule has 0 atom stereocenters. The van der Waals surface area contributed by atoms with E-state index in [1.165, 1.54) is 6.07 Å². The van der Waals surface area contributed by atoms with Crippen molar-refractivity contribution in [1.29, 1.82) is 0 Å². The number of halogens is 4. The molecule has 0 saturated carbocycles. The van der Waals surface area contributed by atoms with Crippen LogP contribution in [0.25, 0.3) is 0 Å². The van der Waals surface area contributed by atoms with Gasteiger partial charge in [0.2, 0.25) is 0 Å². The zero-order valence-electron chi connectivity index (χ0n) is 12.4. The molecule has 0 aliphatic heterocycles. The molecule has 0 aliphatic rings. The molecule has 2 rings (SSSR count). The van der Waals surface area contributed by atoms with Crippen molar-refractivity contribution in [2.24, 2.45) is 0 Å². The van der Waals surface area contributed by atoms with Gasteiger partial charge in [-0.1, -0.05) is 12.1 Å². The van der Waals surface area contributed by atoms with Crippen LogP contribution >= 0.6 is 15.9 Å². The first kappa shape index (κ1) is 19.7. The van der Waals surface area contributed by atoms with Crippen LogP contribution in [0.15, 0.2) is 56.7 Å². The van der Waals surface area contributed by atoms with Crippen LogP contribution in [0.5, 0.6) is 5.75 Å². The zero-order chi connectivity index (χ0) is 19.0. The molecule has 5 nitrogen and oxygen atoms in total. The molecule has 136 valence electrons. The molecule has 0 spiro atoms.